The van der Waals surface area contributed by atoms with Gasteiger partial charge in [-0.2, -0.15) is 0 Å². The van der Waals surface area contributed by atoms with Crippen LogP contribution < -0.4 is 14.8 Å². The van der Waals surface area contributed by atoms with E-state index in [4.69, 9.17) is 4.74 Å². The van der Waals surface area contributed by atoms with Gasteiger partial charge in [0.15, 0.2) is 0 Å². The number of rotatable bonds is 6. The zero-order chi connectivity index (χ0) is 17.7. The molecule has 0 aliphatic carbocycles. The van der Waals surface area contributed by atoms with Crippen LogP contribution in [0.4, 0.5) is 15.8 Å². The van der Waals surface area contributed by atoms with Gasteiger partial charge in [-0.25, -0.2) is 12.8 Å². The number of halogens is 1. The fourth-order valence-corrected chi connectivity index (χ4v) is 3.06. The van der Waals surface area contributed by atoms with Crippen LogP contribution in [0.15, 0.2) is 47.4 Å². The number of nitrogens with one attached hydrogen (secondary N) is 2. The third-order valence-corrected chi connectivity index (χ3v) is 4.36. The Kier molecular flexibility index (Phi) is 5.40. The van der Waals surface area contributed by atoms with Crippen molar-refractivity contribution in [1.82, 2.24) is 0 Å². The van der Waals surface area contributed by atoms with E-state index in [1.165, 1.54) is 37.3 Å². The molecule has 0 bridgehead atoms. The smallest absolute Gasteiger partial charge is 0.261 e. The second kappa shape index (κ2) is 7.31. The van der Waals surface area contributed by atoms with Crippen molar-refractivity contribution in [2.75, 3.05) is 16.6 Å². The summed E-state index contributed by atoms with van der Waals surface area (Å²) in [6.45, 7) is 3.56. The van der Waals surface area contributed by atoms with Gasteiger partial charge in [-0.1, -0.05) is 0 Å². The molecule has 2 aromatic rings. The molecule has 0 aromatic heterocycles. The van der Waals surface area contributed by atoms with Gasteiger partial charge in [-0.15, -0.1) is 0 Å². The molecule has 0 radical (unpaired) electrons. The van der Waals surface area contributed by atoms with Crippen molar-refractivity contribution in [2.24, 2.45) is 0 Å². The van der Waals surface area contributed by atoms with Crippen LogP contribution in [0.5, 0.6) is 5.75 Å². The van der Waals surface area contributed by atoms with E-state index >= 15 is 0 Å². The lowest BCUT2D eigenvalue weighted by atomic mass is 10.2. The van der Waals surface area contributed by atoms with Crippen LogP contribution in [0.3, 0.4) is 0 Å². The number of hydrogen-bond donors (Lipinski definition) is 2. The zero-order valence-corrected chi connectivity index (χ0v) is 14.0. The molecule has 2 rings (SSSR count). The van der Waals surface area contributed by atoms with Gasteiger partial charge < -0.3 is 10.1 Å². The number of hydrogen-bond acceptors (Lipinski definition) is 4. The van der Waals surface area contributed by atoms with Gasteiger partial charge in [0.05, 0.1) is 22.9 Å². The first-order chi connectivity index (χ1) is 11.3. The quantitative estimate of drug-likeness (QED) is 0.837. The first-order valence-corrected chi connectivity index (χ1v) is 8.63. The number of ether oxygens (including phenoxy) is 1. The molecule has 0 unspecified atom stereocenters. The Morgan fingerprint density at radius 3 is 2.38 bits per heavy atom. The van der Waals surface area contributed by atoms with Gasteiger partial charge in [-0.3, -0.25) is 9.52 Å². The average molecular weight is 352 g/mol. The van der Waals surface area contributed by atoms with Gasteiger partial charge in [0, 0.05) is 13.0 Å². The summed E-state index contributed by atoms with van der Waals surface area (Å²) in [5.74, 6) is -0.488. The molecule has 2 N–H and O–H groups in total. The highest BCUT2D eigenvalue weighted by molar-refractivity contribution is 7.92. The maximum atomic E-state index is 13.4. The minimum atomic E-state index is -3.94. The summed E-state index contributed by atoms with van der Waals surface area (Å²) in [5.41, 5.74) is 0.109. The predicted molar refractivity (Wildman–Crippen MR) is 89.1 cm³/mol. The largest absolute Gasteiger partial charge is 0.494 e. The molecular formula is C16H17FN2O4S. The van der Waals surface area contributed by atoms with Crippen molar-refractivity contribution < 1.29 is 22.3 Å². The molecule has 2 aromatic carbocycles. The van der Waals surface area contributed by atoms with Gasteiger partial charge in [0.25, 0.3) is 10.0 Å². The molecule has 24 heavy (non-hydrogen) atoms. The van der Waals surface area contributed by atoms with Crippen LogP contribution >= 0.6 is 0 Å². The molecule has 128 valence electrons. The predicted octanol–water partition coefficient (Wildman–Crippen LogP) is 2.98. The second-order valence-electron chi connectivity index (χ2n) is 4.88. The van der Waals surface area contributed by atoms with Crippen molar-refractivity contribution in [3.8, 4) is 5.75 Å². The molecule has 0 heterocycles. The fraction of sp³-hybridized carbons (Fsp3) is 0.188. The Morgan fingerprint density at radius 1 is 1.12 bits per heavy atom. The highest BCUT2D eigenvalue weighted by Crippen LogP contribution is 2.26. The fourth-order valence-electron chi connectivity index (χ4n) is 1.98. The van der Waals surface area contributed by atoms with Crippen molar-refractivity contribution >= 4 is 27.3 Å². The second-order valence-corrected chi connectivity index (χ2v) is 6.56. The Labute approximate surface area is 139 Å². The zero-order valence-electron chi connectivity index (χ0n) is 13.2. The molecule has 8 heteroatoms. The van der Waals surface area contributed by atoms with Crippen LogP contribution in [0.25, 0.3) is 0 Å². The van der Waals surface area contributed by atoms with E-state index in [2.05, 4.69) is 10.0 Å². The van der Waals surface area contributed by atoms with Crippen molar-refractivity contribution in [2.45, 2.75) is 18.7 Å². The lowest BCUT2D eigenvalue weighted by molar-refractivity contribution is -0.114. The normalized spacial score (nSPS) is 11.0. The Balaban J connectivity index is 2.31. The molecule has 0 spiro atoms. The number of amides is 1. The summed E-state index contributed by atoms with van der Waals surface area (Å²) in [4.78, 5) is 11.2. The van der Waals surface area contributed by atoms with E-state index in [1.54, 1.807) is 0 Å². The number of benzene rings is 2. The van der Waals surface area contributed by atoms with Gasteiger partial charge in [0.1, 0.15) is 11.6 Å². The topological polar surface area (TPSA) is 84.5 Å². The van der Waals surface area contributed by atoms with E-state index in [9.17, 15) is 17.6 Å². The Hall–Kier alpha value is -2.61. The number of carbonyl (C=O) groups excluding carboxylic acids is 1. The molecule has 0 atom stereocenters. The summed E-state index contributed by atoms with van der Waals surface area (Å²) in [5, 5.41) is 2.45. The average Bonchev–Trinajstić information content (AvgIpc) is 2.50. The summed E-state index contributed by atoms with van der Waals surface area (Å²) in [7, 11) is -3.94. The van der Waals surface area contributed by atoms with Crippen molar-refractivity contribution in [3.63, 3.8) is 0 Å². The molecule has 0 fully saturated rings. The monoisotopic (exact) mass is 352 g/mol. The highest BCUT2D eigenvalue weighted by atomic mass is 32.2. The van der Waals surface area contributed by atoms with Crippen LogP contribution in [0, 0.1) is 5.82 Å². The lowest BCUT2D eigenvalue weighted by Gasteiger charge is -2.13. The van der Waals surface area contributed by atoms with Gasteiger partial charge in [-0.05, 0) is 43.3 Å². The van der Waals surface area contributed by atoms with Crippen LogP contribution in [-0.2, 0) is 14.8 Å². The summed E-state index contributed by atoms with van der Waals surface area (Å²) >= 11 is 0. The molecule has 0 saturated heterocycles. The third-order valence-electron chi connectivity index (χ3n) is 2.98. The van der Waals surface area contributed by atoms with E-state index in [1.807, 2.05) is 6.92 Å². The summed E-state index contributed by atoms with van der Waals surface area (Å²) in [6, 6.07) is 9.22. The van der Waals surface area contributed by atoms with E-state index < -0.39 is 21.7 Å². The maximum Gasteiger partial charge on any atom is 0.261 e. The number of carbonyl (C=O) groups is 1. The molecule has 1 amide bonds. The number of sulfonamides is 1. The van der Waals surface area contributed by atoms with E-state index in [0.29, 0.717) is 12.4 Å². The number of anilines is 2. The van der Waals surface area contributed by atoms with Gasteiger partial charge >= 0.3 is 0 Å². The standard InChI is InChI=1S/C16H17FN2O4S/c1-3-23-13-5-7-14(8-6-13)24(21,22)19-16-10-12(17)4-9-15(16)18-11(2)20/h4-10,19H,3H2,1-2H3,(H,18,20). The van der Waals surface area contributed by atoms with Crippen LogP contribution in [0.1, 0.15) is 13.8 Å². The molecular weight excluding hydrogens is 335 g/mol. The molecule has 0 saturated carbocycles. The summed E-state index contributed by atoms with van der Waals surface area (Å²) < 4.78 is 45.8. The van der Waals surface area contributed by atoms with Crippen LogP contribution in [-0.4, -0.2) is 20.9 Å². The summed E-state index contributed by atoms with van der Waals surface area (Å²) in [6.07, 6.45) is 0. The third kappa shape index (κ3) is 4.45. The molecule has 0 aliphatic heterocycles. The molecule has 0 aliphatic rings. The van der Waals surface area contributed by atoms with Crippen molar-refractivity contribution in [1.29, 1.82) is 0 Å². The van der Waals surface area contributed by atoms with E-state index in [-0.39, 0.29) is 16.3 Å². The van der Waals surface area contributed by atoms with Crippen LogP contribution in [0.2, 0.25) is 0 Å². The van der Waals surface area contributed by atoms with E-state index in [0.717, 1.165) is 12.1 Å². The van der Waals surface area contributed by atoms with Crippen molar-refractivity contribution in [3.05, 3.63) is 48.3 Å². The van der Waals surface area contributed by atoms with Gasteiger partial charge in [0.2, 0.25) is 5.91 Å². The minimum Gasteiger partial charge on any atom is -0.494 e. The lowest BCUT2D eigenvalue weighted by Crippen LogP contribution is -2.16. The first kappa shape index (κ1) is 17.7. The Morgan fingerprint density at radius 2 is 1.79 bits per heavy atom. The SMILES string of the molecule is CCOc1ccc(S(=O)(=O)Nc2cc(F)ccc2NC(C)=O)cc1. The maximum absolute atomic E-state index is 13.4. The highest BCUT2D eigenvalue weighted by Gasteiger charge is 2.17. The minimum absolute atomic E-state index is 0.0102. The first-order valence-electron chi connectivity index (χ1n) is 7.14. The Bertz CT molecular complexity index is 836. The molecule has 6 nitrogen and oxygen atoms in total.